The number of nitrogens with one attached hydrogen (secondary N) is 1. The minimum absolute atomic E-state index is 0.0290. The van der Waals surface area contributed by atoms with Crippen LogP contribution in [-0.2, 0) is 4.79 Å². The van der Waals surface area contributed by atoms with Crippen molar-refractivity contribution in [3.05, 3.63) is 0 Å². The Morgan fingerprint density at radius 2 is 2.13 bits per heavy atom. The van der Waals surface area contributed by atoms with Gasteiger partial charge < -0.3 is 16.3 Å². The third kappa shape index (κ3) is 4.67. The Labute approximate surface area is 90.7 Å². The Morgan fingerprint density at radius 3 is 2.53 bits per heavy atom. The van der Waals surface area contributed by atoms with Gasteiger partial charge in [-0.3, -0.25) is 4.79 Å². The van der Waals surface area contributed by atoms with Crippen molar-refractivity contribution < 1.29 is 10.0 Å². The Kier molecular flexibility index (Phi) is 6.49. The molecule has 0 saturated carbocycles. The van der Waals surface area contributed by atoms with Gasteiger partial charge in [0.25, 0.3) is 0 Å². The molecule has 0 aliphatic carbocycles. The molecule has 0 saturated heterocycles. The first-order valence-electron chi connectivity index (χ1n) is 5.34. The smallest absolute Gasteiger partial charge is 0.231 e. The summed E-state index contributed by atoms with van der Waals surface area (Å²) in [4.78, 5) is 11.7. The number of rotatable bonds is 6. The molecule has 0 aliphatic heterocycles. The highest BCUT2D eigenvalue weighted by Gasteiger charge is 2.21. The number of nitrogens with two attached hydrogens (primary N) is 1. The summed E-state index contributed by atoms with van der Waals surface area (Å²) in [5.74, 6) is -0.734. The van der Waals surface area contributed by atoms with Gasteiger partial charge in [0.2, 0.25) is 5.91 Å². The summed E-state index contributed by atoms with van der Waals surface area (Å²) in [5.41, 5.74) is 5.42. The Bertz CT molecular complexity index is 229. The van der Waals surface area contributed by atoms with E-state index in [4.69, 9.17) is 10.9 Å². The predicted octanol–water partition coefficient (Wildman–Crippen LogP) is 1.06. The molecule has 5 heteroatoms. The highest BCUT2D eigenvalue weighted by Crippen LogP contribution is 2.04. The van der Waals surface area contributed by atoms with Crippen LogP contribution < -0.4 is 11.1 Å². The molecule has 0 aromatic heterocycles. The van der Waals surface area contributed by atoms with Gasteiger partial charge >= 0.3 is 0 Å². The second kappa shape index (κ2) is 7.09. The average Bonchev–Trinajstić information content (AvgIpc) is 2.18. The summed E-state index contributed by atoms with van der Waals surface area (Å²) in [5, 5.41) is 14.2. The number of amides is 1. The highest BCUT2D eigenvalue weighted by atomic mass is 16.4. The van der Waals surface area contributed by atoms with Crippen LogP contribution in [0.25, 0.3) is 0 Å². The van der Waals surface area contributed by atoms with Crippen molar-refractivity contribution in [3.63, 3.8) is 0 Å². The fraction of sp³-hybridized carbons (Fsp3) is 0.800. The topological polar surface area (TPSA) is 87.7 Å². The van der Waals surface area contributed by atoms with Crippen molar-refractivity contribution in [1.82, 2.24) is 5.32 Å². The molecule has 0 heterocycles. The fourth-order valence-electron chi connectivity index (χ4n) is 1.45. The zero-order valence-electron chi connectivity index (χ0n) is 9.66. The lowest BCUT2D eigenvalue weighted by atomic mass is 10.0. The van der Waals surface area contributed by atoms with Crippen molar-refractivity contribution in [2.75, 3.05) is 0 Å². The maximum absolute atomic E-state index is 11.7. The van der Waals surface area contributed by atoms with E-state index in [1.54, 1.807) is 0 Å². The number of amidine groups is 1. The van der Waals surface area contributed by atoms with E-state index in [1.807, 2.05) is 13.8 Å². The summed E-state index contributed by atoms with van der Waals surface area (Å²) >= 11 is 0. The van der Waals surface area contributed by atoms with Crippen LogP contribution >= 0.6 is 0 Å². The van der Waals surface area contributed by atoms with Crippen molar-refractivity contribution in [1.29, 1.82) is 0 Å². The Hall–Kier alpha value is -1.26. The van der Waals surface area contributed by atoms with E-state index >= 15 is 0 Å². The lowest BCUT2D eigenvalue weighted by Crippen LogP contribution is -2.42. The third-order valence-corrected chi connectivity index (χ3v) is 2.31. The van der Waals surface area contributed by atoms with Gasteiger partial charge in [-0.05, 0) is 19.8 Å². The minimum atomic E-state index is -0.533. The first-order valence-corrected chi connectivity index (χ1v) is 5.34. The van der Waals surface area contributed by atoms with E-state index < -0.39 is 5.92 Å². The summed E-state index contributed by atoms with van der Waals surface area (Å²) < 4.78 is 0. The molecule has 0 bridgehead atoms. The first-order chi connectivity index (χ1) is 7.06. The lowest BCUT2D eigenvalue weighted by Gasteiger charge is -2.17. The van der Waals surface area contributed by atoms with Gasteiger partial charge in [-0.25, -0.2) is 0 Å². The summed E-state index contributed by atoms with van der Waals surface area (Å²) in [7, 11) is 0. The normalized spacial score (nSPS) is 15.8. The molecule has 4 N–H and O–H groups in total. The molecule has 2 atom stereocenters. The molecule has 0 radical (unpaired) electrons. The van der Waals surface area contributed by atoms with E-state index in [1.165, 1.54) is 0 Å². The molecule has 0 rings (SSSR count). The van der Waals surface area contributed by atoms with Gasteiger partial charge in [0, 0.05) is 6.04 Å². The van der Waals surface area contributed by atoms with Crippen LogP contribution in [0.15, 0.2) is 5.16 Å². The fourth-order valence-corrected chi connectivity index (χ4v) is 1.45. The third-order valence-electron chi connectivity index (χ3n) is 2.31. The van der Waals surface area contributed by atoms with Crippen LogP contribution in [0.4, 0.5) is 0 Å². The van der Waals surface area contributed by atoms with Crippen LogP contribution in [0.1, 0.15) is 40.0 Å². The largest absolute Gasteiger partial charge is 0.409 e. The van der Waals surface area contributed by atoms with Crippen LogP contribution in [0, 0.1) is 5.92 Å². The van der Waals surface area contributed by atoms with Crippen molar-refractivity contribution in [2.45, 2.75) is 46.1 Å². The highest BCUT2D eigenvalue weighted by molar-refractivity contribution is 6.02. The maximum Gasteiger partial charge on any atom is 0.231 e. The predicted molar refractivity (Wildman–Crippen MR) is 59.7 cm³/mol. The minimum Gasteiger partial charge on any atom is -0.409 e. The number of hydrogen-bond donors (Lipinski definition) is 3. The monoisotopic (exact) mass is 215 g/mol. The molecule has 0 aromatic rings. The van der Waals surface area contributed by atoms with Gasteiger partial charge in [0.15, 0.2) is 5.84 Å². The molecular formula is C10H21N3O2. The summed E-state index contributed by atoms with van der Waals surface area (Å²) in [6, 6.07) is 0.128. The molecule has 1 amide bonds. The molecule has 0 spiro atoms. The number of nitrogens with zero attached hydrogens (tertiary/aromatic N) is 1. The molecule has 2 unspecified atom stereocenters. The number of hydrogen-bond acceptors (Lipinski definition) is 3. The summed E-state index contributed by atoms with van der Waals surface area (Å²) in [6.45, 7) is 5.83. The van der Waals surface area contributed by atoms with E-state index in [2.05, 4.69) is 17.4 Å². The van der Waals surface area contributed by atoms with Gasteiger partial charge in [-0.2, -0.15) is 0 Å². The molecule has 88 valence electrons. The van der Waals surface area contributed by atoms with Crippen LogP contribution in [0.3, 0.4) is 0 Å². The van der Waals surface area contributed by atoms with E-state index in [0.717, 1.165) is 12.8 Å². The molecule has 5 nitrogen and oxygen atoms in total. The van der Waals surface area contributed by atoms with Crippen molar-refractivity contribution in [2.24, 2.45) is 16.8 Å². The lowest BCUT2D eigenvalue weighted by molar-refractivity contribution is -0.123. The Balaban J connectivity index is 4.28. The molecule has 15 heavy (non-hydrogen) atoms. The number of carbonyl (C=O) groups excluding carboxylic acids is 1. The first kappa shape index (κ1) is 13.7. The van der Waals surface area contributed by atoms with Crippen LogP contribution in [-0.4, -0.2) is 23.0 Å². The SMILES string of the molecule is CCCC(C)NC(=O)C(CC)C(N)=NO. The van der Waals surface area contributed by atoms with Gasteiger partial charge in [-0.15, -0.1) is 0 Å². The standard InChI is InChI=1S/C10H21N3O2/c1-4-6-7(3)12-10(14)8(5-2)9(11)13-15/h7-8,15H,4-6H2,1-3H3,(H2,11,13)(H,12,14). The quantitative estimate of drug-likeness (QED) is 0.268. The zero-order valence-corrected chi connectivity index (χ0v) is 9.66. The van der Waals surface area contributed by atoms with E-state index in [-0.39, 0.29) is 17.8 Å². The van der Waals surface area contributed by atoms with Crippen LogP contribution in [0.2, 0.25) is 0 Å². The maximum atomic E-state index is 11.7. The molecular weight excluding hydrogens is 194 g/mol. The molecule has 0 fully saturated rings. The Morgan fingerprint density at radius 1 is 1.53 bits per heavy atom. The number of carbonyl (C=O) groups is 1. The molecule has 0 aromatic carbocycles. The second-order valence-electron chi connectivity index (χ2n) is 3.68. The van der Waals surface area contributed by atoms with E-state index in [9.17, 15) is 4.79 Å². The van der Waals surface area contributed by atoms with Crippen molar-refractivity contribution in [3.8, 4) is 0 Å². The number of oxime groups is 1. The summed E-state index contributed by atoms with van der Waals surface area (Å²) in [6.07, 6.45) is 2.47. The average molecular weight is 215 g/mol. The zero-order chi connectivity index (χ0) is 11.8. The van der Waals surface area contributed by atoms with E-state index in [0.29, 0.717) is 6.42 Å². The van der Waals surface area contributed by atoms with Crippen molar-refractivity contribution >= 4 is 11.7 Å². The second-order valence-corrected chi connectivity index (χ2v) is 3.68. The van der Waals surface area contributed by atoms with Gasteiger partial charge in [0.05, 0.1) is 5.92 Å². The van der Waals surface area contributed by atoms with Gasteiger partial charge in [-0.1, -0.05) is 25.4 Å². The molecule has 0 aliphatic rings. The van der Waals surface area contributed by atoms with Gasteiger partial charge in [0.1, 0.15) is 0 Å². The van der Waals surface area contributed by atoms with Crippen LogP contribution in [0.5, 0.6) is 0 Å².